The first-order valence-electron chi connectivity index (χ1n) is 37.3. The number of benzene rings is 16. The van der Waals surface area contributed by atoms with Crippen LogP contribution in [0.3, 0.4) is 0 Å². The molecule has 0 aliphatic heterocycles. The van der Waals surface area contributed by atoms with Crippen LogP contribution in [0.2, 0.25) is 0 Å². The van der Waals surface area contributed by atoms with Crippen molar-refractivity contribution < 1.29 is 8.83 Å². The van der Waals surface area contributed by atoms with E-state index >= 15 is 0 Å². The summed E-state index contributed by atoms with van der Waals surface area (Å²) in [6, 6.07) is 125. The lowest BCUT2D eigenvalue weighted by atomic mass is 9.96. The van der Waals surface area contributed by atoms with Gasteiger partial charge in [-0.3, -0.25) is 9.13 Å². The number of para-hydroxylation sites is 7. The summed E-state index contributed by atoms with van der Waals surface area (Å²) in [5, 5.41) is 15.1. The van der Waals surface area contributed by atoms with Crippen molar-refractivity contribution >= 4 is 153 Å². The summed E-state index contributed by atoms with van der Waals surface area (Å²) in [5.41, 5.74) is 25.9. The maximum Gasteiger partial charge on any atom is 0.235 e. The molecule has 110 heavy (non-hydrogen) atoms. The molecule has 510 valence electrons. The van der Waals surface area contributed by atoms with E-state index in [4.69, 9.17) is 28.8 Å². The predicted molar refractivity (Wildman–Crippen MR) is 452 cm³/mol. The zero-order valence-electron chi connectivity index (χ0n) is 58.9. The van der Waals surface area contributed by atoms with Crippen LogP contribution >= 0.6 is 0 Å². The Morgan fingerprint density at radius 2 is 0.555 bits per heavy atom. The quantitative estimate of drug-likeness (QED) is 0.143. The van der Waals surface area contributed by atoms with Crippen molar-refractivity contribution in [2.24, 2.45) is 0 Å². The van der Waals surface area contributed by atoms with E-state index in [2.05, 4.69) is 364 Å². The van der Waals surface area contributed by atoms with Gasteiger partial charge in [0, 0.05) is 97.9 Å². The highest BCUT2D eigenvalue weighted by Crippen LogP contribution is 2.50. The molecule has 0 radical (unpaired) electrons. The van der Waals surface area contributed by atoms with Crippen LogP contribution in [0.25, 0.3) is 232 Å². The molecule has 0 bridgehead atoms. The number of aromatic nitrogens is 8. The van der Waals surface area contributed by atoms with E-state index in [0.717, 1.165) is 209 Å². The van der Waals surface area contributed by atoms with E-state index < -0.39 is 0 Å². The minimum Gasteiger partial charge on any atom is -0.456 e. The monoisotopic (exact) mass is 1400 g/mol. The molecule has 10 nitrogen and oxygen atoms in total. The summed E-state index contributed by atoms with van der Waals surface area (Å²) in [7, 11) is 0. The maximum atomic E-state index is 6.93. The molecule has 24 aromatic rings. The highest BCUT2D eigenvalue weighted by Gasteiger charge is 2.29. The molecular formula is C100H58N8O2. The van der Waals surface area contributed by atoms with Crippen molar-refractivity contribution in [1.82, 2.24) is 38.2 Å². The molecular weight excluding hydrogens is 1350 g/mol. The Morgan fingerprint density at radius 3 is 1.15 bits per heavy atom. The van der Waals surface area contributed by atoms with Gasteiger partial charge in [-0.25, -0.2) is 19.9 Å². The highest BCUT2D eigenvalue weighted by atomic mass is 16.3. The third kappa shape index (κ3) is 8.80. The largest absolute Gasteiger partial charge is 0.456 e. The van der Waals surface area contributed by atoms with Gasteiger partial charge in [0.2, 0.25) is 11.9 Å². The average Bonchev–Trinajstić information content (AvgIpc) is 1.53. The molecule has 0 amide bonds. The summed E-state index contributed by atoms with van der Waals surface area (Å²) in [5.74, 6) is 1.17. The fraction of sp³-hybridized carbons (Fsp3) is 0. The minimum atomic E-state index is 0.578. The molecule has 0 unspecified atom stereocenters. The first kappa shape index (κ1) is 60.3. The second-order valence-electron chi connectivity index (χ2n) is 28.7. The fourth-order valence-electron chi connectivity index (χ4n) is 18.0. The first-order valence-corrected chi connectivity index (χ1v) is 37.3. The van der Waals surface area contributed by atoms with Crippen LogP contribution in [0.1, 0.15) is 0 Å². The van der Waals surface area contributed by atoms with E-state index in [1.54, 1.807) is 0 Å². The standard InChI is InChI=1S/C100H58N8O2/c1-4-21-59(22-5-1)60-39-43-62(44-40-60)93-73-31-10-15-34-79(73)101-99(103-93)107-82-37-18-13-30-70(82)72-49-50-76-89-83(106(97(76)96(72)107)68-27-8-3-9-28-68)52-55-88-92(89)78-58-66(47-54-86(78)110-88)65-24-20-23-64(57-65)61-41-45-63(46-42-61)94-74-32-11-16-35-80(74)102-100(104-94)108-84-53-56-87-91(75-33-14-19-38-85(75)109-87)90(84)77-51-48-71-69-29-12-17-36-81(69)105(95(71)98(77)108)67-25-6-2-7-26-67/h1-58H. The van der Waals surface area contributed by atoms with Gasteiger partial charge in [-0.05, 0) is 130 Å². The van der Waals surface area contributed by atoms with Gasteiger partial charge in [-0.1, -0.05) is 255 Å². The molecule has 0 aliphatic rings. The summed E-state index contributed by atoms with van der Waals surface area (Å²) in [4.78, 5) is 22.4. The third-order valence-electron chi connectivity index (χ3n) is 22.8. The van der Waals surface area contributed by atoms with Crippen molar-refractivity contribution in [3.8, 4) is 79.2 Å². The molecule has 16 aromatic carbocycles. The van der Waals surface area contributed by atoms with Gasteiger partial charge in [-0.15, -0.1) is 0 Å². The van der Waals surface area contributed by atoms with Crippen LogP contribution in [0.5, 0.6) is 0 Å². The SMILES string of the molecule is c1ccc(-c2ccc(-c3nc(-n4c5ccccc5c5ccc6c7c8c(ccc7n(-c7ccccc7)c6c54)oc4ccc(-c5cccc(-c6ccc(-c7nc(-n9c%10ccc%11oc%12ccccc%12c%11c%10c%10ccc%11c%12ccccc%12n(-c%12ccccc%12)c%11c%109)nc9ccccc79)cc6)c5)cc48)nc4ccccc34)cc2)cc1. The normalized spacial score (nSPS) is 12.2. The zero-order chi connectivity index (χ0) is 71.8. The van der Waals surface area contributed by atoms with Gasteiger partial charge in [0.25, 0.3) is 0 Å². The maximum absolute atomic E-state index is 6.93. The molecule has 0 fully saturated rings. The number of hydrogen-bond donors (Lipinski definition) is 0. The molecule has 0 N–H and O–H groups in total. The van der Waals surface area contributed by atoms with Gasteiger partial charge in [-0.2, -0.15) is 0 Å². The number of nitrogens with zero attached hydrogens (tertiary/aromatic N) is 8. The molecule has 0 atom stereocenters. The predicted octanol–water partition coefficient (Wildman–Crippen LogP) is 26.1. The lowest BCUT2D eigenvalue weighted by Gasteiger charge is -2.14. The number of hydrogen-bond acceptors (Lipinski definition) is 6. The van der Waals surface area contributed by atoms with Crippen LogP contribution in [-0.2, 0) is 0 Å². The third-order valence-corrected chi connectivity index (χ3v) is 22.8. The van der Waals surface area contributed by atoms with Gasteiger partial charge in [0.05, 0.1) is 66.6 Å². The Bertz CT molecular complexity index is 8000. The smallest absolute Gasteiger partial charge is 0.235 e. The Kier molecular flexibility index (Phi) is 12.7. The molecule has 10 heteroatoms. The molecule has 0 saturated carbocycles. The lowest BCUT2D eigenvalue weighted by molar-refractivity contribution is 0.669. The average molecular weight is 1400 g/mol. The van der Waals surface area contributed by atoms with E-state index in [-0.39, 0.29) is 0 Å². The van der Waals surface area contributed by atoms with Crippen molar-refractivity contribution in [1.29, 1.82) is 0 Å². The summed E-state index contributed by atoms with van der Waals surface area (Å²) in [6.07, 6.45) is 0. The van der Waals surface area contributed by atoms with Gasteiger partial charge in [0.1, 0.15) is 22.3 Å². The van der Waals surface area contributed by atoms with Gasteiger partial charge < -0.3 is 18.0 Å². The second-order valence-corrected chi connectivity index (χ2v) is 28.7. The topological polar surface area (TPSA) is 97.6 Å². The Labute approximate surface area is 627 Å². The number of fused-ring (bicyclic) bond motifs is 24. The number of rotatable bonds is 9. The molecule has 8 aromatic heterocycles. The Hall–Kier alpha value is -15.0. The Balaban J connectivity index is 0.650. The van der Waals surface area contributed by atoms with Crippen molar-refractivity contribution in [3.63, 3.8) is 0 Å². The molecule has 0 spiro atoms. The number of furan rings is 2. The summed E-state index contributed by atoms with van der Waals surface area (Å²) < 4.78 is 23.0. The van der Waals surface area contributed by atoms with E-state index in [1.165, 1.54) is 10.9 Å². The van der Waals surface area contributed by atoms with Gasteiger partial charge >= 0.3 is 0 Å². The van der Waals surface area contributed by atoms with Gasteiger partial charge in [0.15, 0.2) is 0 Å². The second kappa shape index (κ2) is 23.2. The zero-order valence-corrected chi connectivity index (χ0v) is 58.9. The van der Waals surface area contributed by atoms with E-state index in [9.17, 15) is 0 Å². The minimum absolute atomic E-state index is 0.578. The molecule has 0 saturated heterocycles. The van der Waals surface area contributed by atoms with Crippen LogP contribution in [0.4, 0.5) is 0 Å². The molecule has 24 rings (SSSR count). The van der Waals surface area contributed by atoms with Crippen molar-refractivity contribution in [2.75, 3.05) is 0 Å². The van der Waals surface area contributed by atoms with E-state index in [1.807, 2.05) is 6.07 Å². The first-order chi connectivity index (χ1) is 54.6. The Morgan fingerprint density at radius 1 is 0.191 bits per heavy atom. The lowest BCUT2D eigenvalue weighted by Crippen LogP contribution is -2.04. The van der Waals surface area contributed by atoms with E-state index in [0.29, 0.717) is 11.9 Å². The van der Waals surface area contributed by atoms with Crippen molar-refractivity contribution in [2.45, 2.75) is 0 Å². The van der Waals surface area contributed by atoms with Crippen LogP contribution in [0, 0.1) is 0 Å². The van der Waals surface area contributed by atoms with Crippen LogP contribution in [0.15, 0.2) is 361 Å². The molecule has 0 aliphatic carbocycles. The highest BCUT2D eigenvalue weighted by molar-refractivity contribution is 6.34. The fourth-order valence-corrected chi connectivity index (χ4v) is 18.0. The molecule has 8 heterocycles. The van der Waals surface area contributed by atoms with Crippen molar-refractivity contribution in [3.05, 3.63) is 352 Å². The van der Waals surface area contributed by atoms with Crippen LogP contribution in [-0.4, -0.2) is 38.2 Å². The van der Waals surface area contributed by atoms with Crippen LogP contribution < -0.4 is 0 Å². The summed E-state index contributed by atoms with van der Waals surface area (Å²) in [6.45, 7) is 0. The summed E-state index contributed by atoms with van der Waals surface area (Å²) >= 11 is 0.